The van der Waals surface area contributed by atoms with E-state index in [4.69, 9.17) is 0 Å². The highest BCUT2D eigenvalue weighted by Crippen LogP contribution is 2.22. The van der Waals surface area contributed by atoms with Gasteiger partial charge in [0.1, 0.15) is 0 Å². The summed E-state index contributed by atoms with van der Waals surface area (Å²) in [4.78, 5) is 8.85. The van der Waals surface area contributed by atoms with Crippen LogP contribution in [0.25, 0.3) is 11.3 Å². The van der Waals surface area contributed by atoms with Crippen molar-refractivity contribution >= 4 is 21.4 Å². The van der Waals surface area contributed by atoms with Crippen LogP contribution >= 0.6 is 11.3 Å². The molecule has 0 saturated carbocycles. The van der Waals surface area contributed by atoms with Gasteiger partial charge < -0.3 is 0 Å². The number of thiophene rings is 1. The first-order valence-corrected chi connectivity index (χ1v) is 9.94. The lowest BCUT2D eigenvalue weighted by Crippen LogP contribution is -2.24. The zero-order valence-electron chi connectivity index (χ0n) is 13.1. The molecule has 1 aromatic carbocycles. The summed E-state index contributed by atoms with van der Waals surface area (Å²) >= 11 is 1.56. The molecule has 0 aliphatic carbocycles. The Morgan fingerprint density at radius 2 is 1.83 bits per heavy atom. The standard InChI is InChI=1S/C17H17N3O2S2/c1-2-13-3-5-15(6-4-13)24(21,22)20-11-16-17(19-9-8-18-16)14-7-10-23-12-14/h3-10,12,20H,2,11H2,1H3. The molecule has 0 amide bonds. The highest BCUT2D eigenvalue weighted by atomic mass is 32.2. The minimum atomic E-state index is -3.58. The first-order chi connectivity index (χ1) is 11.6. The molecule has 0 unspecified atom stereocenters. The van der Waals surface area contributed by atoms with Crippen LogP contribution in [-0.2, 0) is 23.0 Å². The molecular weight excluding hydrogens is 342 g/mol. The predicted octanol–water partition coefficient (Wildman–Crippen LogP) is 3.25. The Kier molecular flexibility index (Phi) is 5.03. The molecule has 1 N–H and O–H groups in total. The van der Waals surface area contributed by atoms with Crippen molar-refractivity contribution in [2.45, 2.75) is 24.8 Å². The molecule has 0 spiro atoms. The van der Waals surface area contributed by atoms with Gasteiger partial charge in [-0.05, 0) is 35.6 Å². The molecular formula is C17H17N3O2S2. The van der Waals surface area contributed by atoms with Gasteiger partial charge in [-0.15, -0.1) is 0 Å². The van der Waals surface area contributed by atoms with Crippen molar-refractivity contribution in [3.05, 3.63) is 64.7 Å². The largest absolute Gasteiger partial charge is 0.256 e. The fraction of sp³-hybridized carbons (Fsp3) is 0.176. The second-order valence-electron chi connectivity index (χ2n) is 5.19. The van der Waals surface area contributed by atoms with Crippen LogP contribution in [0, 0.1) is 0 Å². The molecule has 0 fully saturated rings. The Balaban J connectivity index is 1.80. The van der Waals surface area contributed by atoms with E-state index in [2.05, 4.69) is 14.7 Å². The van der Waals surface area contributed by atoms with Gasteiger partial charge in [0.25, 0.3) is 0 Å². The second-order valence-corrected chi connectivity index (χ2v) is 7.73. The van der Waals surface area contributed by atoms with E-state index in [0.29, 0.717) is 11.4 Å². The molecule has 2 heterocycles. The third-order valence-electron chi connectivity index (χ3n) is 3.64. The van der Waals surface area contributed by atoms with E-state index in [1.54, 1.807) is 35.9 Å². The lowest BCUT2D eigenvalue weighted by molar-refractivity contribution is 0.580. The topological polar surface area (TPSA) is 72.0 Å². The van der Waals surface area contributed by atoms with Gasteiger partial charge in [0.15, 0.2) is 0 Å². The molecule has 7 heteroatoms. The van der Waals surface area contributed by atoms with Gasteiger partial charge in [0.2, 0.25) is 10.0 Å². The van der Waals surface area contributed by atoms with Gasteiger partial charge >= 0.3 is 0 Å². The number of benzene rings is 1. The first-order valence-electron chi connectivity index (χ1n) is 7.51. The molecule has 5 nitrogen and oxygen atoms in total. The maximum atomic E-state index is 12.4. The molecule has 24 heavy (non-hydrogen) atoms. The smallest absolute Gasteiger partial charge is 0.240 e. The minimum absolute atomic E-state index is 0.0941. The molecule has 0 atom stereocenters. The van der Waals surface area contributed by atoms with Gasteiger partial charge in [0, 0.05) is 23.3 Å². The third kappa shape index (κ3) is 3.69. The predicted molar refractivity (Wildman–Crippen MR) is 95.2 cm³/mol. The maximum absolute atomic E-state index is 12.4. The molecule has 0 aliphatic heterocycles. The van der Waals surface area contributed by atoms with Crippen LogP contribution in [0.5, 0.6) is 0 Å². The van der Waals surface area contributed by atoms with E-state index >= 15 is 0 Å². The van der Waals surface area contributed by atoms with Crippen molar-refractivity contribution in [2.75, 3.05) is 0 Å². The molecule has 3 rings (SSSR count). The summed E-state index contributed by atoms with van der Waals surface area (Å²) in [6.45, 7) is 2.12. The number of nitrogens with zero attached hydrogens (tertiary/aromatic N) is 2. The zero-order valence-corrected chi connectivity index (χ0v) is 14.8. The summed E-state index contributed by atoms with van der Waals surface area (Å²) in [6.07, 6.45) is 4.04. The van der Waals surface area contributed by atoms with Gasteiger partial charge in [0.05, 0.1) is 22.8 Å². The summed E-state index contributed by atoms with van der Waals surface area (Å²) in [6, 6.07) is 8.84. The third-order valence-corrected chi connectivity index (χ3v) is 5.74. The van der Waals surface area contributed by atoms with Crippen LogP contribution in [0.1, 0.15) is 18.2 Å². The number of aryl methyl sites for hydroxylation is 1. The molecule has 0 bridgehead atoms. The van der Waals surface area contributed by atoms with Crippen LogP contribution < -0.4 is 4.72 Å². The van der Waals surface area contributed by atoms with E-state index in [1.165, 1.54) is 0 Å². The van der Waals surface area contributed by atoms with E-state index in [-0.39, 0.29) is 11.4 Å². The minimum Gasteiger partial charge on any atom is -0.256 e. The van der Waals surface area contributed by atoms with Crippen LogP contribution in [0.3, 0.4) is 0 Å². The molecule has 2 aromatic heterocycles. The number of rotatable bonds is 6. The number of hydrogen-bond donors (Lipinski definition) is 1. The molecule has 3 aromatic rings. The van der Waals surface area contributed by atoms with Gasteiger partial charge in [-0.2, -0.15) is 11.3 Å². The Bertz CT molecular complexity index is 905. The first kappa shape index (κ1) is 16.8. The lowest BCUT2D eigenvalue weighted by Gasteiger charge is -2.09. The molecule has 0 saturated heterocycles. The van der Waals surface area contributed by atoms with E-state index in [0.717, 1.165) is 17.5 Å². The van der Waals surface area contributed by atoms with Gasteiger partial charge in [-0.25, -0.2) is 13.1 Å². The van der Waals surface area contributed by atoms with E-state index < -0.39 is 10.0 Å². The number of nitrogens with one attached hydrogen (secondary N) is 1. The molecule has 0 aliphatic rings. The van der Waals surface area contributed by atoms with E-state index in [9.17, 15) is 8.42 Å². The summed E-state index contributed by atoms with van der Waals surface area (Å²) in [5.41, 5.74) is 3.34. The van der Waals surface area contributed by atoms with Crippen LogP contribution in [0.2, 0.25) is 0 Å². The average molecular weight is 359 g/mol. The van der Waals surface area contributed by atoms with Gasteiger partial charge in [-0.1, -0.05) is 19.1 Å². The van der Waals surface area contributed by atoms with Gasteiger partial charge in [-0.3, -0.25) is 9.97 Å². The Morgan fingerprint density at radius 1 is 1.08 bits per heavy atom. The van der Waals surface area contributed by atoms with Crippen LogP contribution in [-0.4, -0.2) is 18.4 Å². The summed E-state index contributed by atoms with van der Waals surface area (Å²) in [7, 11) is -3.58. The Hall–Kier alpha value is -2.09. The van der Waals surface area contributed by atoms with Crippen molar-refractivity contribution < 1.29 is 8.42 Å². The lowest BCUT2D eigenvalue weighted by atomic mass is 10.2. The quantitative estimate of drug-likeness (QED) is 0.733. The maximum Gasteiger partial charge on any atom is 0.240 e. The Labute approximate surface area is 145 Å². The monoisotopic (exact) mass is 359 g/mol. The van der Waals surface area contributed by atoms with Crippen LogP contribution in [0.4, 0.5) is 0 Å². The fourth-order valence-corrected chi connectivity index (χ4v) is 3.92. The highest BCUT2D eigenvalue weighted by molar-refractivity contribution is 7.89. The van der Waals surface area contributed by atoms with Crippen molar-refractivity contribution in [3.8, 4) is 11.3 Å². The van der Waals surface area contributed by atoms with Crippen molar-refractivity contribution in [2.24, 2.45) is 0 Å². The van der Waals surface area contributed by atoms with Crippen LogP contribution in [0.15, 0.2) is 58.4 Å². The summed E-state index contributed by atoms with van der Waals surface area (Å²) in [5.74, 6) is 0. The van der Waals surface area contributed by atoms with Crippen molar-refractivity contribution in [1.82, 2.24) is 14.7 Å². The average Bonchev–Trinajstić information content (AvgIpc) is 3.15. The number of aromatic nitrogens is 2. The Morgan fingerprint density at radius 3 is 2.50 bits per heavy atom. The fourth-order valence-electron chi connectivity index (χ4n) is 2.29. The van der Waals surface area contributed by atoms with Crippen molar-refractivity contribution in [1.29, 1.82) is 0 Å². The summed E-state index contributed by atoms with van der Waals surface area (Å²) in [5, 5.41) is 3.92. The SMILES string of the molecule is CCc1ccc(S(=O)(=O)NCc2nccnc2-c2ccsc2)cc1. The molecule has 0 radical (unpaired) electrons. The highest BCUT2D eigenvalue weighted by Gasteiger charge is 2.16. The zero-order chi connectivity index (χ0) is 17.0. The normalized spacial score (nSPS) is 11.5. The summed E-state index contributed by atoms with van der Waals surface area (Å²) < 4.78 is 27.5. The second kappa shape index (κ2) is 7.21. The number of hydrogen-bond acceptors (Lipinski definition) is 5. The van der Waals surface area contributed by atoms with E-state index in [1.807, 2.05) is 35.9 Å². The number of sulfonamides is 1. The van der Waals surface area contributed by atoms with Crippen molar-refractivity contribution in [3.63, 3.8) is 0 Å². The molecule has 124 valence electrons.